The van der Waals surface area contributed by atoms with Gasteiger partial charge in [-0.2, -0.15) is 0 Å². The Morgan fingerprint density at radius 1 is 1.04 bits per heavy atom. The minimum absolute atomic E-state index is 0.0436. The molecule has 6 nitrogen and oxygen atoms in total. The van der Waals surface area contributed by atoms with Crippen LogP contribution < -0.4 is 5.32 Å². The van der Waals surface area contributed by atoms with Gasteiger partial charge in [0.25, 0.3) is 0 Å². The molecule has 3 fully saturated rings. The zero-order valence-corrected chi connectivity index (χ0v) is 15.7. The van der Waals surface area contributed by atoms with Gasteiger partial charge in [-0.25, -0.2) is 0 Å². The first-order chi connectivity index (χ1) is 12.5. The minimum Gasteiger partial charge on any atom is -0.347 e. The van der Waals surface area contributed by atoms with E-state index < -0.39 is 5.79 Å². The lowest BCUT2D eigenvalue weighted by Crippen LogP contribution is -2.48. The summed E-state index contributed by atoms with van der Waals surface area (Å²) in [6, 6.07) is 4.87. The van der Waals surface area contributed by atoms with Gasteiger partial charge < -0.3 is 19.7 Å². The van der Waals surface area contributed by atoms with Crippen LogP contribution in [0.1, 0.15) is 19.3 Å². The van der Waals surface area contributed by atoms with E-state index in [4.69, 9.17) is 32.7 Å². The molecule has 2 saturated heterocycles. The number of nitrogens with zero attached hydrogens (tertiary/aromatic N) is 1. The molecule has 1 aromatic carbocycles. The molecular weight excluding hydrogens is 379 g/mol. The van der Waals surface area contributed by atoms with Gasteiger partial charge in [-0.15, -0.1) is 0 Å². The Kier molecular flexibility index (Phi) is 4.86. The van der Waals surface area contributed by atoms with Crippen LogP contribution in [0.4, 0.5) is 5.69 Å². The molecule has 26 heavy (non-hydrogen) atoms. The molecule has 1 aliphatic carbocycles. The molecular formula is C18H20Cl2N2O4. The van der Waals surface area contributed by atoms with Crippen molar-refractivity contribution in [2.24, 2.45) is 11.8 Å². The van der Waals surface area contributed by atoms with Gasteiger partial charge in [0.2, 0.25) is 11.8 Å². The molecule has 2 aliphatic heterocycles. The standard InChI is InChI=1S/C18H20Cl2N2O4/c19-11-7-12(20)9-13(8-11)21-16(23)14-10-15(14)17(24)22-3-1-18(2-4-22)25-5-6-26-18/h7-9,14-15H,1-6,10H2,(H,21,23). The molecule has 0 radical (unpaired) electrons. The number of likely N-dealkylation sites (tertiary alicyclic amines) is 1. The number of piperidine rings is 1. The second kappa shape index (κ2) is 7.00. The summed E-state index contributed by atoms with van der Waals surface area (Å²) in [5, 5.41) is 3.70. The molecule has 140 valence electrons. The first-order valence-electron chi connectivity index (χ1n) is 8.79. The fraction of sp³-hybridized carbons (Fsp3) is 0.556. The van der Waals surface area contributed by atoms with Crippen LogP contribution in [0.2, 0.25) is 10.0 Å². The number of carbonyl (C=O) groups is 2. The fourth-order valence-electron chi connectivity index (χ4n) is 3.71. The van der Waals surface area contributed by atoms with Crippen LogP contribution in [-0.2, 0) is 19.1 Å². The summed E-state index contributed by atoms with van der Waals surface area (Å²) in [5.74, 6) is -1.16. The topological polar surface area (TPSA) is 67.9 Å². The number of hydrogen-bond donors (Lipinski definition) is 1. The first kappa shape index (κ1) is 18.0. The van der Waals surface area contributed by atoms with E-state index in [9.17, 15) is 9.59 Å². The van der Waals surface area contributed by atoms with Crippen molar-refractivity contribution in [3.63, 3.8) is 0 Å². The smallest absolute Gasteiger partial charge is 0.228 e. The maximum atomic E-state index is 12.7. The highest BCUT2D eigenvalue weighted by atomic mass is 35.5. The van der Waals surface area contributed by atoms with Crippen molar-refractivity contribution < 1.29 is 19.1 Å². The van der Waals surface area contributed by atoms with Crippen LogP contribution in [0, 0.1) is 11.8 Å². The molecule has 4 rings (SSSR count). The van der Waals surface area contributed by atoms with E-state index in [0.717, 1.165) is 0 Å². The van der Waals surface area contributed by atoms with Gasteiger partial charge in [-0.3, -0.25) is 9.59 Å². The number of carbonyl (C=O) groups excluding carboxylic acids is 2. The number of halogens is 2. The Morgan fingerprint density at radius 3 is 2.27 bits per heavy atom. The molecule has 2 atom stereocenters. The van der Waals surface area contributed by atoms with Crippen molar-refractivity contribution in [1.29, 1.82) is 0 Å². The summed E-state index contributed by atoms with van der Waals surface area (Å²) in [4.78, 5) is 26.9. The van der Waals surface area contributed by atoms with Gasteiger partial charge in [0.15, 0.2) is 5.79 Å². The van der Waals surface area contributed by atoms with Gasteiger partial charge in [0.1, 0.15) is 0 Å². The lowest BCUT2D eigenvalue weighted by Gasteiger charge is -2.37. The van der Waals surface area contributed by atoms with E-state index in [1.165, 1.54) is 0 Å². The predicted molar refractivity (Wildman–Crippen MR) is 97.1 cm³/mol. The summed E-state index contributed by atoms with van der Waals surface area (Å²) in [6.45, 7) is 2.44. The van der Waals surface area contributed by atoms with Gasteiger partial charge in [-0.1, -0.05) is 23.2 Å². The van der Waals surface area contributed by atoms with E-state index in [2.05, 4.69) is 5.32 Å². The van der Waals surface area contributed by atoms with Crippen LogP contribution in [0.3, 0.4) is 0 Å². The van der Waals surface area contributed by atoms with Crippen LogP contribution in [0.5, 0.6) is 0 Å². The van der Waals surface area contributed by atoms with Crippen molar-refractivity contribution in [3.8, 4) is 0 Å². The van der Waals surface area contributed by atoms with Crippen molar-refractivity contribution in [3.05, 3.63) is 28.2 Å². The molecule has 0 bridgehead atoms. The van der Waals surface area contributed by atoms with Gasteiger partial charge in [0, 0.05) is 41.7 Å². The predicted octanol–water partition coefficient (Wildman–Crippen LogP) is 2.93. The van der Waals surface area contributed by atoms with Crippen molar-refractivity contribution in [1.82, 2.24) is 4.90 Å². The summed E-state index contributed by atoms with van der Waals surface area (Å²) >= 11 is 11.9. The zero-order valence-electron chi connectivity index (χ0n) is 14.2. The van der Waals surface area contributed by atoms with Gasteiger partial charge in [0.05, 0.1) is 25.0 Å². The number of nitrogens with one attached hydrogen (secondary N) is 1. The average Bonchev–Trinajstić information content (AvgIpc) is 3.28. The van der Waals surface area contributed by atoms with E-state index in [0.29, 0.717) is 61.3 Å². The van der Waals surface area contributed by atoms with Crippen LogP contribution in [-0.4, -0.2) is 48.8 Å². The molecule has 1 aromatic rings. The monoisotopic (exact) mass is 398 g/mol. The van der Waals surface area contributed by atoms with Crippen molar-refractivity contribution in [2.75, 3.05) is 31.6 Å². The normalized spacial score (nSPS) is 26.8. The summed E-state index contributed by atoms with van der Waals surface area (Å²) in [6.07, 6.45) is 1.94. The van der Waals surface area contributed by atoms with Crippen LogP contribution in [0.25, 0.3) is 0 Å². The Balaban J connectivity index is 1.30. The number of anilines is 1. The van der Waals surface area contributed by atoms with Crippen LogP contribution >= 0.6 is 23.2 Å². The van der Waals surface area contributed by atoms with Gasteiger partial charge in [-0.05, 0) is 24.6 Å². The number of hydrogen-bond acceptors (Lipinski definition) is 4. The third-order valence-corrected chi connectivity index (χ3v) is 5.66. The zero-order chi connectivity index (χ0) is 18.3. The number of rotatable bonds is 3. The maximum Gasteiger partial charge on any atom is 0.228 e. The summed E-state index contributed by atoms with van der Waals surface area (Å²) in [5.41, 5.74) is 0.543. The second-order valence-electron chi connectivity index (χ2n) is 7.03. The molecule has 2 amide bonds. The number of benzene rings is 1. The lowest BCUT2D eigenvalue weighted by atomic mass is 10.0. The van der Waals surface area contributed by atoms with Gasteiger partial charge >= 0.3 is 0 Å². The molecule has 3 aliphatic rings. The lowest BCUT2D eigenvalue weighted by molar-refractivity contribution is -0.187. The van der Waals surface area contributed by atoms with Crippen molar-refractivity contribution in [2.45, 2.75) is 25.0 Å². The van der Waals surface area contributed by atoms with Crippen molar-refractivity contribution >= 4 is 40.7 Å². The number of amides is 2. The van der Waals surface area contributed by atoms with Crippen LogP contribution in [0.15, 0.2) is 18.2 Å². The Bertz CT molecular complexity index is 706. The molecule has 1 N–H and O–H groups in total. The SMILES string of the molecule is O=C(Nc1cc(Cl)cc(Cl)c1)C1CC1C(=O)N1CCC2(CC1)OCCO2. The highest BCUT2D eigenvalue weighted by Gasteiger charge is 2.51. The quantitative estimate of drug-likeness (QED) is 0.849. The Labute approximate surface area is 161 Å². The second-order valence-corrected chi connectivity index (χ2v) is 7.90. The molecule has 2 heterocycles. The third-order valence-electron chi connectivity index (χ3n) is 5.22. The Morgan fingerprint density at radius 2 is 1.65 bits per heavy atom. The highest BCUT2D eigenvalue weighted by molar-refractivity contribution is 6.35. The highest BCUT2D eigenvalue weighted by Crippen LogP contribution is 2.42. The molecule has 1 spiro atoms. The average molecular weight is 399 g/mol. The minimum atomic E-state index is -0.497. The Hall–Kier alpha value is -1.34. The van der Waals surface area contributed by atoms with E-state index in [1.54, 1.807) is 18.2 Å². The molecule has 1 saturated carbocycles. The summed E-state index contributed by atoms with van der Waals surface area (Å²) < 4.78 is 11.4. The molecule has 8 heteroatoms. The fourth-order valence-corrected chi connectivity index (χ4v) is 4.23. The summed E-state index contributed by atoms with van der Waals surface area (Å²) in [7, 11) is 0. The molecule has 0 aromatic heterocycles. The van der Waals surface area contributed by atoms with E-state index in [1.807, 2.05) is 4.90 Å². The van der Waals surface area contributed by atoms with E-state index in [-0.39, 0.29) is 23.7 Å². The number of ether oxygens (including phenoxy) is 2. The molecule has 2 unspecified atom stereocenters. The first-order valence-corrected chi connectivity index (χ1v) is 9.55. The third kappa shape index (κ3) is 3.69. The van der Waals surface area contributed by atoms with E-state index >= 15 is 0 Å². The largest absolute Gasteiger partial charge is 0.347 e. The maximum absolute atomic E-state index is 12.7.